The molecule has 2 heterocycles. The summed E-state index contributed by atoms with van der Waals surface area (Å²) in [6.07, 6.45) is 7.56. The van der Waals surface area contributed by atoms with Crippen LogP contribution in [0.3, 0.4) is 0 Å². The van der Waals surface area contributed by atoms with Crippen molar-refractivity contribution in [3.63, 3.8) is 0 Å². The number of aromatic nitrogens is 2. The van der Waals surface area contributed by atoms with Crippen LogP contribution in [0.15, 0.2) is 0 Å². The molecule has 88 valence electrons. The standard InChI is InChI=1S/C13H21N3/c1-9-12-8-11(14)6-7-16(12)13(15-9)10-4-2-3-5-10/h10-11H,2-8,14H2,1H3. The zero-order valence-corrected chi connectivity index (χ0v) is 10.1. The molecule has 16 heavy (non-hydrogen) atoms. The quantitative estimate of drug-likeness (QED) is 0.786. The van der Waals surface area contributed by atoms with Crippen LogP contribution in [-0.2, 0) is 13.0 Å². The van der Waals surface area contributed by atoms with Crippen LogP contribution in [0.1, 0.15) is 55.2 Å². The molecule has 1 atom stereocenters. The second-order valence-electron chi connectivity index (χ2n) is 5.39. The van der Waals surface area contributed by atoms with Crippen molar-refractivity contribution >= 4 is 0 Å². The maximum atomic E-state index is 6.04. The van der Waals surface area contributed by atoms with E-state index in [1.165, 1.54) is 42.9 Å². The first-order valence-corrected chi connectivity index (χ1v) is 6.57. The summed E-state index contributed by atoms with van der Waals surface area (Å²) in [5.41, 5.74) is 8.66. The molecule has 0 spiro atoms. The topological polar surface area (TPSA) is 43.8 Å². The molecule has 0 saturated heterocycles. The van der Waals surface area contributed by atoms with Gasteiger partial charge in [0.25, 0.3) is 0 Å². The van der Waals surface area contributed by atoms with Crippen molar-refractivity contribution in [3.05, 3.63) is 17.2 Å². The largest absolute Gasteiger partial charge is 0.331 e. The Morgan fingerprint density at radius 2 is 2.00 bits per heavy atom. The van der Waals surface area contributed by atoms with Crippen LogP contribution in [0, 0.1) is 6.92 Å². The summed E-state index contributed by atoms with van der Waals surface area (Å²) in [5.74, 6) is 2.08. The Labute approximate surface area is 97.0 Å². The van der Waals surface area contributed by atoms with E-state index in [-0.39, 0.29) is 0 Å². The first-order valence-electron chi connectivity index (χ1n) is 6.57. The van der Waals surface area contributed by atoms with E-state index in [0.29, 0.717) is 6.04 Å². The fourth-order valence-corrected chi connectivity index (χ4v) is 3.28. The third kappa shape index (κ3) is 1.58. The lowest BCUT2D eigenvalue weighted by Crippen LogP contribution is -2.31. The number of imidazole rings is 1. The van der Waals surface area contributed by atoms with E-state index in [4.69, 9.17) is 10.7 Å². The molecule has 3 rings (SSSR count). The monoisotopic (exact) mass is 219 g/mol. The van der Waals surface area contributed by atoms with E-state index in [9.17, 15) is 0 Å². The van der Waals surface area contributed by atoms with Gasteiger partial charge in [-0.1, -0.05) is 12.8 Å². The van der Waals surface area contributed by atoms with Gasteiger partial charge in [-0.3, -0.25) is 0 Å². The van der Waals surface area contributed by atoms with Gasteiger partial charge in [-0.25, -0.2) is 4.98 Å². The summed E-state index contributed by atoms with van der Waals surface area (Å²) in [6.45, 7) is 3.23. The lowest BCUT2D eigenvalue weighted by molar-refractivity contribution is 0.448. The molecule has 3 heteroatoms. The van der Waals surface area contributed by atoms with E-state index in [2.05, 4.69) is 11.5 Å². The number of nitrogens with zero attached hydrogens (tertiary/aromatic N) is 2. The molecule has 1 aromatic heterocycles. The highest BCUT2D eigenvalue weighted by molar-refractivity contribution is 5.21. The van der Waals surface area contributed by atoms with Crippen molar-refractivity contribution < 1.29 is 0 Å². The van der Waals surface area contributed by atoms with Gasteiger partial charge >= 0.3 is 0 Å². The normalized spacial score (nSPS) is 26.0. The summed E-state index contributed by atoms with van der Waals surface area (Å²) >= 11 is 0. The first kappa shape index (κ1) is 10.3. The van der Waals surface area contributed by atoms with Crippen molar-refractivity contribution in [2.45, 2.75) is 64.0 Å². The Kier molecular flexibility index (Phi) is 2.51. The van der Waals surface area contributed by atoms with Crippen LogP contribution < -0.4 is 5.73 Å². The van der Waals surface area contributed by atoms with Gasteiger partial charge in [-0.05, 0) is 26.2 Å². The molecule has 1 fully saturated rings. The molecule has 1 saturated carbocycles. The van der Waals surface area contributed by atoms with Crippen LogP contribution >= 0.6 is 0 Å². The Hall–Kier alpha value is -0.830. The van der Waals surface area contributed by atoms with Crippen LogP contribution in [0.4, 0.5) is 0 Å². The molecule has 2 N–H and O–H groups in total. The summed E-state index contributed by atoms with van der Waals surface area (Å²) in [5, 5.41) is 0. The molecule has 3 nitrogen and oxygen atoms in total. The summed E-state index contributed by atoms with van der Waals surface area (Å²) in [4.78, 5) is 4.82. The highest BCUT2D eigenvalue weighted by Gasteiger charge is 2.27. The highest BCUT2D eigenvalue weighted by Crippen LogP contribution is 2.35. The van der Waals surface area contributed by atoms with Gasteiger partial charge in [0.2, 0.25) is 0 Å². The Bertz CT molecular complexity index is 388. The molecule has 1 aliphatic heterocycles. The molecule has 0 bridgehead atoms. The van der Waals surface area contributed by atoms with Gasteiger partial charge in [0.15, 0.2) is 0 Å². The zero-order valence-electron chi connectivity index (χ0n) is 10.1. The third-order valence-corrected chi connectivity index (χ3v) is 4.20. The van der Waals surface area contributed by atoms with Gasteiger partial charge in [-0.2, -0.15) is 0 Å². The number of rotatable bonds is 1. The van der Waals surface area contributed by atoms with Crippen molar-refractivity contribution in [1.29, 1.82) is 0 Å². The number of hydrogen-bond acceptors (Lipinski definition) is 2. The van der Waals surface area contributed by atoms with Gasteiger partial charge in [-0.15, -0.1) is 0 Å². The SMILES string of the molecule is Cc1nc(C2CCCC2)n2c1CC(N)CC2. The van der Waals surface area contributed by atoms with Crippen molar-refractivity contribution in [3.8, 4) is 0 Å². The summed E-state index contributed by atoms with van der Waals surface area (Å²) < 4.78 is 2.47. The summed E-state index contributed by atoms with van der Waals surface area (Å²) in [7, 11) is 0. The van der Waals surface area contributed by atoms with Crippen molar-refractivity contribution in [1.82, 2.24) is 9.55 Å². The minimum Gasteiger partial charge on any atom is -0.331 e. The molecule has 0 radical (unpaired) electrons. The van der Waals surface area contributed by atoms with Crippen molar-refractivity contribution in [2.24, 2.45) is 5.73 Å². The zero-order chi connectivity index (χ0) is 11.1. The molecule has 0 aromatic carbocycles. The molecule has 2 aliphatic rings. The summed E-state index contributed by atoms with van der Waals surface area (Å²) in [6, 6.07) is 0.347. The number of aryl methyl sites for hydroxylation is 1. The second kappa shape index (κ2) is 3.88. The predicted molar refractivity (Wildman–Crippen MR) is 64.5 cm³/mol. The lowest BCUT2D eigenvalue weighted by atomic mass is 10.0. The second-order valence-corrected chi connectivity index (χ2v) is 5.39. The van der Waals surface area contributed by atoms with Crippen LogP contribution in [0.25, 0.3) is 0 Å². The molecule has 1 aliphatic carbocycles. The molecular formula is C13H21N3. The van der Waals surface area contributed by atoms with E-state index < -0.39 is 0 Å². The maximum absolute atomic E-state index is 6.04. The number of hydrogen-bond donors (Lipinski definition) is 1. The maximum Gasteiger partial charge on any atom is 0.112 e. The Morgan fingerprint density at radius 1 is 1.25 bits per heavy atom. The molecule has 0 amide bonds. The third-order valence-electron chi connectivity index (χ3n) is 4.20. The van der Waals surface area contributed by atoms with Gasteiger partial charge < -0.3 is 10.3 Å². The van der Waals surface area contributed by atoms with E-state index in [1.807, 2.05) is 0 Å². The first-order chi connectivity index (χ1) is 7.75. The average molecular weight is 219 g/mol. The average Bonchev–Trinajstić information content (AvgIpc) is 2.87. The van der Waals surface area contributed by atoms with Crippen LogP contribution in [0.5, 0.6) is 0 Å². The molecule has 1 aromatic rings. The van der Waals surface area contributed by atoms with Crippen LogP contribution in [0.2, 0.25) is 0 Å². The number of nitrogens with two attached hydrogens (primary N) is 1. The highest BCUT2D eigenvalue weighted by atomic mass is 15.1. The lowest BCUT2D eigenvalue weighted by Gasteiger charge is -2.23. The predicted octanol–water partition coefficient (Wildman–Crippen LogP) is 2.12. The van der Waals surface area contributed by atoms with E-state index >= 15 is 0 Å². The van der Waals surface area contributed by atoms with Gasteiger partial charge in [0, 0.05) is 30.6 Å². The fraction of sp³-hybridized carbons (Fsp3) is 0.769. The minimum atomic E-state index is 0.347. The smallest absolute Gasteiger partial charge is 0.112 e. The Balaban J connectivity index is 1.97. The van der Waals surface area contributed by atoms with Gasteiger partial charge in [0.1, 0.15) is 5.82 Å². The van der Waals surface area contributed by atoms with Crippen molar-refractivity contribution in [2.75, 3.05) is 0 Å². The number of fused-ring (bicyclic) bond motifs is 1. The van der Waals surface area contributed by atoms with E-state index in [0.717, 1.165) is 25.3 Å². The minimum absolute atomic E-state index is 0.347. The van der Waals surface area contributed by atoms with Gasteiger partial charge in [0.05, 0.1) is 5.69 Å². The fourth-order valence-electron chi connectivity index (χ4n) is 3.28. The molecule has 1 unspecified atom stereocenters. The van der Waals surface area contributed by atoms with Crippen LogP contribution in [-0.4, -0.2) is 15.6 Å². The Morgan fingerprint density at radius 3 is 2.75 bits per heavy atom. The molecular weight excluding hydrogens is 198 g/mol. The van der Waals surface area contributed by atoms with E-state index in [1.54, 1.807) is 0 Å².